The molecule has 284 valence electrons. The number of unbranched alkanes of at least 4 members (excludes halogenated alkanes) is 3. The normalized spacial score (nSPS) is 10.9. The van der Waals surface area contributed by atoms with Gasteiger partial charge >= 0.3 is 18.2 Å². The predicted octanol–water partition coefficient (Wildman–Crippen LogP) is 6.04. The van der Waals surface area contributed by atoms with Gasteiger partial charge in [0.2, 0.25) is 0 Å². The largest absolute Gasteiger partial charge is 0.476 e. The first-order valence-corrected chi connectivity index (χ1v) is 16.5. The van der Waals surface area contributed by atoms with E-state index in [1.165, 1.54) is 18.8 Å². The highest BCUT2D eigenvalue weighted by atomic mass is 16.7. The van der Waals surface area contributed by atoms with Crippen LogP contribution in [0.2, 0.25) is 0 Å². The minimum Gasteiger partial charge on any atom is -0.476 e. The van der Waals surface area contributed by atoms with Crippen LogP contribution < -0.4 is 10.6 Å². The lowest BCUT2D eigenvalue weighted by Crippen LogP contribution is -2.43. The zero-order chi connectivity index (χ0) is 37.2. The van der Waals surface area contributed by atoms with Crippen molar-refractivity contribution in [2.75, 3.05) is 73.1 Å². The second kappa shape index (κ2) is 30.8. The van der Waals surface area contributed by atoms with Gasteiger partial charge in [0.15, 0.2) is 20.4 Å². The van der Waals surface area contributed by atoms with E-state index < -0.39 is 29.0 Å². The molecule has 0 rings (SSSR count). The van der Waals surface area contributed by atoms with Crippen LogP contribution in [-0.2, 0) is 47.4 Å². The first-order chi connectivity index (χ1) is 24.3. The molecule has 0 aromatic heterocycles. The van der Waals surface area contributed by atoms with E-state index in [-0.39, 0.29) is 60.0 Å². The fraction of sp³-hybridized carbons (Fsp3) is 0.583. The number of hydrogen-bond donors (Lipinski definition) is 2. The van der Waals surface area contributed by atoms with Crippen LogP contribution in [-0.4, -0.2) is 91.3 Å². The minimum atomic E-state index is -0.915. The maximum atomic E-state index is 12.5. The van der Waals surface area contributed by atoms with E-state index in [0.717, 1.165) is 25.3 Å². The molecule has 50 heavy (non-hydrogen) atoms. The predicted molar refractivity (Wildman–Crippen MR) is 188 cm³/mol. The van der Waals surface area contributed by atoms with E-state index in [9.17, 15) is 14.4 Å². The zero-order valence-corrected chi connectivity index (χ0v) is 29.5. The summed E-state index contributed by atoms with van der Waals surface area (Å²) in [5, 5.41) is 5.50. The summed E-state index contributed by atoms with van der Waals surface area (Å²) in [6, 6.07) is 0. The van der Waals surface area contributed by atoms with Gasteiger partial charge in [-0.1, -0.05) is 51.3 Å². The Balaban J connectivity index is 4.67. The highest BCUT2D eigenvalue weighted by Gasteiger charge is 2.35. The Bertz CT molecular complexity index is 951. The van der Waals surface area contributed by atoms with Crippen LogP contribution in [0, 0.1) is 10.8 Å². The number of carbonyl (C=O) groups is 3. The van der Waals surface area contributed by atoms with Crippen molar-refractivity contribution in [2.45, 2.75) is 51.4 Å². The third-order valence-corrected chi connectivity index (χ3v) is 7.14. The quantitative estimate of drug-likeness (QED) is 0.0150. The molecule has 0 saturated heterocycles. The van der Waals surface area contributed by atoms with Crippen molar-refractivity contribution in [1.82, 2.24) is 10.6 Å². The third-order valence-electron chi connectivity index (χ3n) is 7.14. The highest BCUT2D eigenvalue weighted by Crippen LogP contribution is 2.32. The van der Waals surface area contributed by atoms with Gasteiger partial charge in [0.05, 0.1) is 44.0 Å². The SMILES string of the molecule is C=CCCC(CCC=C)(COC(=O)C=C)COC(=O)NCCCCCCNC(=O)OCC(COCOC=C)(COCOC=C)COCOC=C. The van der Waals surface area contributed by atoms with Crippen LogP contribution in [0.1, 0.15) is 51.4 Å². The molecule has 0 unspecified atom stereocenters. The molecule has 2 N–H and O–H groups in total. The van der Waals surface area contributed by atoms with Crippen molar-refractivity contribution in [2.24, 2.45) is 10.8 Å². The molecule has 0 spiro atoms. The van der Waals surface area contributed by atoms with Crippen molar-refractivity contribution in [1.29, 1.82) is 0 Å². The molecular weight excluding hydrogens is 652 g/mol. The van der Waals surface area contributed by atoms with Crippen molar-refractivity contribution in [3.63, 3.8) is 0 Å². The summed E-state index contributed by atoms with van der Waals surface area (Å²) >= 11 is 0. The van der Waals surface area contributed by atoms with Gasteiger partial charge in [-0.25, -0.2) is 14.4 Å². The van der Waals surface area contributed by atoms with E-state index in [0.29, 0.717) is 45.2 Å². The first-order valence-electron chi connectivity index (χ1n) is 16.5. The van der Waals surface area contributed by atoms with Gasteiger partial charge in [-0.2, -0.15) is 0 Å². The summed E-state index contributed by atoms with van der Waals surface area (Å²) in [5.41, 5.74) is -1.48. The lowest BCUT2D eigenvalue weighted by Gasteiger charge is -2.32. The molecule has 0 aliphatic rings. The fourth-order valence-corrected chi connectivity index (χ4v) is 4.39. The van der Waals surface area contributed by atoms with Crippen LogP contribution in [0.15, 0.2) is 76.5 Å². The van der Waals surface area contributed by atoms with E-state index in [1.807, 2.05) is 0 Å². The highest BCUT2D eigenvalue weighted by molar-refractivity contribution is 5.81. The second-order valence-electron chi connectivity index (χ2n) is 11.3. The van der Waals surface area contributed by atoms with Gasteiger partial charge in [0.1, 0.15) is 19.8 Å². The molecule has 0 fully saturated rings. The van der Waals surface area contributed by atoms with Gasteiger partial charge in [-0.05, 0) is 38.5 Å². The fourth-order valence-electron chi connectivity index (χ4n) is 4.39. The van der Waals surface area contributed by atoms with Crippen molar-refractivity contribution in [3.8, 4) is 0 Å². The third kappa shape index (κ3) is 24.0. The van der Waals surface area contributed by atoms with Crippen molar-refractivity contribution in [3.05, 3.63) is 76.5 Å². The van der Waals surface area contributed by atoms with Gasteiger partial charge < -0.3 is 53.3 Å². The number of alkyl carbamates (subject to hydrolysis) is 2. The van der Waals surface area contributed by atoms with Crippen molar-refractivity contribution < 1.29 is 57.0 Å². The molecule has 0 radical (unpaired) electrons. The van der Waals surface area contributed by atoms with Crippen LogP contribution in [0.25, 0.3) is 0 Å². The summed E-state index contributed by atoms with van der Waals surface area (Å²) < 4.78 is 48.2. The molecule has 0 heterocycles. The Morgan fingerprint density at radius 3 is 1.30 bits per heavy atom. The minimum absolute atomic E-state index is 0.0640. The van der Waals surface area contributed by atoms with E-state index >= 15 is 0 Å². The number of allylic oxidation sites excluding steroid dienone is 2. The van der Waals surface area contributed by atoms with Crippen LogP contribution in [0.3, 0.4) is 0 Å². The van der Waals surface area contributed by atoms with Crippen LogP contribution >= 0.6 is 0 Å². The van der Waals surface area contributed by atoms with Gasteiger partial charge in [0, 0.05) is 24.6 Å². The number of esters is 1. The Hall–Kier alpha value is -4.27. The summed E-state index contributed by atoms with van der Waals surface area (Å²) in [5.74, 6) is -0.533. The Kier molecular flexibility index (Phi) is 28.1. The number of ether oxygens (including phenoxy) is 9. The average molecular weight is 711 g/mol. The lowest BCUT2D eigenvalue weighted by atomic mass is 9.80. The molecule has 0 atom stereocenters. The van der Waals surface area contributed by atoms with E-state index in [2.05, 4.69) is 50.1 Å². The van der Waals surface area contributed by atoms with Gasteiger partial charge in [-0.3, -0.25) is 0 Å². The molecule has 14 nitrogen and oxygen atoms in total. The van der Waals surface area contributed by atoms with Gasteiger partial charge in [0.25, 0.3) is 0 Å². The molecule has 2 amide bonds. The summed E-state index contributed by atoms with van der Waals surface area (Å²) in [6.45, 7) is 22.3. The Morgan fingerprint density at radius 1 is 0.520 bits per heavy atom. The van der Waals surface area contributed by atoms with E-state index in [4.69, 9.17) is 42.6 Å². The van der Waals surface area contributed by atoms with E-state index in [1.54, 1.807) is 12.2 Å². The first kappa shape index (κ1) is 45.7. The number of nitrogens with one attached hydrogen (secondary N) is 2. The summed E-state index contributed by atoms with van der Waals surface area (Å²) in [4.78, 5) is 36.6. The Morgan fingerprint density at radius 2 is 0.920 bits per heavy atom. The maximum absolute atomic E-state index is 12.5. The molecule has 0 bridgehead atoms. The van der Waals surface area contributed by atoms with Crippen LogP contribution in [0.4, 0.5) is 9.59 Å². The molecule has 0 aromatic carbocycles. The molecule has 14 heteroatoms. The lowest BCUT2D eigenvalue weighted by molar-refractivity contribution is -0.149. The Labute approximate surface area is 297 Å². The van der Waals surface area contributed by atoms with Crippen LogP contribution in [0.5, 0.6) is 0 Å². The number of rotatable bonds is 35. The maximum Gasteiger partial charge on any atom is 0.407 e. The molecule has 0 aliphatic heterocycles. The molecule has 0 aromatic rings. The van der Waals surface area contributed by atoms with Crippen molar-refractivity contribution >= 4 is 18.2 Å². The van der Waals surface area contributed by atoms with Gasteiger partial charge in [-0.15, -0.1) is 13.2 Å². The number of carbonyl (C=O) groups excluding carboxylic acids is 3. The average Bonchev–Trinajstić information content (AvgIpc) is 3.13. The second-order valence-corrected chi connectivity index (χ2v) is 11.3. The smallest absolute Gasteiger partial charge is 0.407 e. The molecular formula is C36H58N2O12. The molecule has 0 saturated carbocycles. The monoisotopic (exact) mass is 710 g/mol. The summed E-state index contributed by atoms with van der Waals surface area (Å²) in [6.07, 6.45) is 12.9. The zero-order valence-electron chi connectivity index (χ0n) is 29.5. The summed E-state index contributed by atoms with van der Waals surface area (Å²) in [7, 11) is 0. The molecule has 0 aliphatic carbocycles. The number of hydrogen-bond acceptors (Lipinski definition) is 12. The standard InChI is InChI=1S/C36H58N2O12/c1-7-13-19-35(20-14-8-2,26-48-32(39)9-3)27-49-33(40)37-21-17-15-16-18-22-38-34(41)50-28-36(23-45-29-42-10-4,24-46-30-43-11-5)25-47-31-44-12-6/h7-12H,1-6,13-31H2,(H,37,40)(H,38,41). The topological polar surface area (TPSA) is 158 Å². The number of amides is 2.